The number of hydrogen-bond donors (Lipinski definition) is 1. The lowest BCUT2D eigenvalue weighted by Gasteiger charge is -2.35. The van der Waals surface area contributed by atoms with Gasteiger partial charge in [0.05, 0.1) is 12.7 Å². The molecular formula is C18H27N3O2. The zero-order chi connectivity index (χ0) is 16.1. The molecule has 2 amide bonds. The Morgan fingerprint density at radius 1 is 1.22 bits per heavy atom. The van der Waals surface area contributed by atoms with E-state index in [9.17, 15) is 4.79 Å². The summed E-state index contributed by atoms with van der Waals surface area (Å²) >= 11 is 0. The highest BCUT2D eigenvalue weighted by Crippen LogP contribution is 2.13. The van der Waals surface area contributed by atoms with Crippen LogP contribution < -0.4 is 5.32 Å². The van der Waals surface area contributed by atoms with Gasteiger partial charge in [0.2, 0.25) is 0 Å². The number of likely N-dealkylation sites (tertiary alicyclic amines) is 1. The summed E-state index contributed by atoms with van der Waals surface area (Å²) in [5.74, 6) is 0. The van der Waals surface area contributed by atoms with E-state index in [-0.39, 0.29) is 12.1 Å². The highest BCUT2D eigenvalue weighted by atomic mass is 16.5. The van der Waals surface area contributed by atoms with Crippen LogP contribution >= 0.6 is 0 Å². The van der Waals surface area contributed by atoms with Crippen LogP contribution in [-0.2, 0) is 11.2 Å². The van der Waals surface area contributed by atoms with Crippen LogP contribution in [-0.4, -0.2) is 67.8 Å². The van der Waals surface area contributed by atoms with Crippen molar-refractivity contribution in [3.05, 3.63) is 35.9 Å². The summed E-state index contributed by atoms with van der Waals surface area (Å²) in [6, 6.07) is 10.7. The summed E-state index contributed by atoms with van der Waals surface area (Å²) in [4.78, 5) is 16.7. The summed E-state index contributed by atoms with van der Waals surface area (Å²) in [5.41, 5.74) is 1.26. The van der Waals surface area contributed by atoms with Crippen molar-refractivity contribution in [2.45, 2.75) is 31.4 Å². The van der Waals surface area contributed by atoms with Crippen molar-refractivity contribution in [3.63, 3.8) is 0 Å². The molecule has 1 atom stereocenters. The van der Waals surface area contributed by atoms with Gasteiger partial charge in [0.1, 0.15) is 0 Å². The Morgan fingerprint density at radius 3 is 2.70 bits per heavy atom. The number of carbonyl (C=O) groups excluding carboxylic acids is 1. The standard InChI is InChI=1S/C18H27N3O2/c1-20-9-7-16(8-10-20)19-18(22)21-11-12-23-17(14-21)13-15-5-3-2-4-6-15/h2-6,16-17H,7-14H2,1H3,(H,19,22)/t17-/m0/s1. The van der Waals surface area contributed by atoms with Gasteiger partial charge in [0.25, 0.3) is 0 Å². The van der Waals surface area contributed by atoms with E-state index >= 15 is 0 Å². The first-order valence-electron chi connectivity index (χ1n) is 8.60. The number of piperidine rings is 1. The average molecular weight is 317 g/mol. The van der Waals surface area contributed by atoms with Crippen LogP contribution in [0.4, 0.5) is 4.79 Å². The van der Waals surface area contributed by atoms with E-state index in [1.54, 1.807) is 0 Å². The number of rotatable bonds is 3. The Balaban J connectivity index is 1.48. The van der Waals surface area contributed by atoms with E-state index in [4.69, 9.17) is 4.74 Å². The molecule has 0 bridgehead atoms. The lowest BCUT2D eigenvalue weighted by atomic mass is 10.1. The molecule has 126 valence electrons. The zero-order valence-electron chi connectivity index (χ0n) is 13.9. The largest absolute Gasteiger partial charge is 0.374 e. The Kier molecular flexibility index (Phi) is 5.51. The van der Waals surface area contributed by atoms with Crippen molar-refractivity contribution >= 4 is 6.03 Å². The normalized spacial score (nSPS) is 23.7. The van der Waals surface area contributed by atoms with Gasteiger partial charge in [-0.1, -0.05) is 30.3 Å². The predicted octanol–water partition coefficient (Wildman–Crippen LogP) is 1.73. The van der Waals surface area contributed by atoms with Gasteiger partial charge in [-0.05, 0) is 38.5 Å². The van der Waals surface area contributed by atoms with Crippen molar-refractivity contribution in [2.24, 2.45) is 0 Å². The minimum atomic E-state index is 0.0703. The summed E-state index contributed by atoms with van der Waals surface area (Å²) in [5, 5.41) is 3.20. The van der Waals surface area contributed by atoms with Gasteiger partial charge in [-0.2, -0.15) is 0 Å². The third-order valence-corrected chi connectivity index (χ3v) is 4.78. The maximum Gasteiger partial charge on any atom is 0.317 e. The number of hydrogen-bond acceptors (Lipinski definition) is 3. The first kappa shape index (κ1) is 16.3. The quantitative estimate of drug-likeness (QED) is 0.923. The van der Waals surface area contributed by atoms with Gasteiger partial charge < -0.3 is 19.9 Å². The van der Waals surface area contributed by atoms with Crippen molar-refractivity contribution in [1.82, 2.24) is 15.1 Å². The fourth-order valence-corrected chi connectivity index (χ4v) is 3.32. The number of benzene rings is 1. The molecule has 3 rings (SSSR count). The molecule has 2 saturated heterocycles. The van der Waals surface area contributed by atoms with Gasteiger partial charge in [0, 0.05) is 25.6 Å². The minimum Gasteiger partial charge on any atom is -0.374 e. The maximum absolute atomic E-state index is 12.5. The predicted molar refractivity (Wildman–Crippen MR) is 90.5 cm³/mol. The molecule has 2 heterocycles. The van der Waals surface area contributed by atoms with E-state index in [2.05, 4.69) is 29.4 Å². The second-order valence-corrected chi connectivity index (χ2v) is 6.66. The molecule has 0 saturated carbocycles. The topological polar surface area (TPSA) is 44.8 Å². The molecule has 0 radical (unpaired) electrons. The third-order valence-electron chi connectivity index (χ3n) is 4.78. The Hall–Kier alpha value is -1.59. The molecule has 0 spiro atoms. The van der Waals surface area contributed by atoms with Gasteiger partial charge in [-0.15, -0.1) is 0 Å². The van der Waals surface area contributed by atoms with Gasteiger partial charge >= 0.3 is 6.03 Å². The molecule has 0 aromatic heterocycles. The third kappa shape index (κ3) is 4.69. The smallest absolute Gasteiger partial charge is 0.317 e. The number of morpholine rings is 1. The van der Waals surface area contributed by atoms with Crippen LogP contribution in [0.15, 0.2) is 30.3 Å². The molecule has 23 heavy (non-hydrogen) atoms. The molecule has 1 aromatic rings. The van der Waals surface area contributed by atoms with Crippen LogP contribution in [0.3, 0.4) is 0 Å². The molecular weight excluding hydrogens is 290 g/mol. The maximum atomic E-state index is 12.5. The van der Waals surface area contributed by atoms with E-state index < -0.39 is 0 Å². The molecule has 1 N–H and O–H groups in total. The van der Waals surface area contributed by atoms with E-state index in [0.29, 0.717) is 25.7 Å². The average Bonchev–Trinajstić information content (AvgIpc) is 2.58. The number of nitrogens with one attached hydrogen (secondary N) is 1. The van der Waals surface area contributed by atoms with Crippen molar-refractivity contribution in [3.8, 4) is 0 Å². The number of carbonyl (C=O) groups is 1. The summed E-state index contributed by atoms with van der Waals surface area (Å²) in [7, 11) is 2.13. The number of urea groups is 1. The molecule has 2 aliphatic rings. The first-order chi connectivity index (χ1) is 11.2. The molecule has 2 fully saturated rings. The Bertz CT molecular complexity index is 500. The second kappa shape index (κ2) is 7.79. The van der Waals surface area contributed by atoms with Crippen LogP contribution in [0.25, 0.3) is 0 Å². The number of amides is 2. The Morgan fingerprint density at radius 2 is 1.96 bits per heavy atom. The van der Waals surface area contributed by atoms with E-state index in [1.165, 1.54) is 5.56 Å². The molecule has 1 aromatic carbocycles. The molecule has 5 heteroatoms. The zero-order valence-corrected chi connectivity index (χ0v) is 13.9. The SMILES string of the molecule is CN1CCC(NC(=O)N2CCO[C@@H](Cc3ccccc3)C2)CC1. The van der Waals surface area contributed by atoms with Gasteiger partial charge in [0.15, 0.2) is 0 Å². The van der Waals surface area contributed by atoms with Crippen LogP contribution in [0.2, 0.25) is 0 Å². The Labute approximate surface area is 138 Å². The summed E-state index contributed by atoms with van der Waals surface area (Å²) in [6.45, 7) is 4.10. The lowest BCUT2D eigenvalue weighted by molar-refractivity contribution is -0.0138. The van der Waals surface area contributed by atoms with E-state index in [0.717, 1.165) is 32.4 Å². The second-order valence-electron chi connectivity index (χ2n) is 6.66. The first-order valence-corrected chi connectivity index (χ1v) is 8.60. The van der Waals surface area contributed by atoms with Crippen molar-refractivity contribution in [2.75, 3.05) is 39.8 Å². The molecule has 0 unspecified atom stereocenters. The van der Waals surface area contributed by atoms with Crippen molar-refractivity contribution in [1.29, 1.82) is 0 Å². The van der Waals surface area contributed by atoms with Crippen LogP contribution in [0, 0.1) is 0 Å². The van der Waals surface area contributed by atoms with Crippen LogP contribution in [0.1, 0.15) is 18.4 Å². The summed E-state index contributed by atoms with van der Waals surface area (Å²) < 4.78 is 5.84. The van der Waals surface area contributed by atoms with Gasteiger partial charge in [-0.25, -0.2) is 4.79 Å². The fourth-order valence-electron chi connectivity index (χ4n) is 3.32. The highest BCUT2D eigenvalue weighted by Gasteiger charge is 2.26. The number of ether oxygens (including phenoxy) is 1. The minimum absolute atomic E-state index is 0.0703. The number of nitrogens with zero attached hydrogens (tertiary/aromatic N) is 2. The molecule has 5 nitrogen and oxygen atoms in total. The summed E-state index contributed by atoms with van der Waals surface area (Å²) in [6.07, 6.45) is 3.04. The van der Waals surface area contributed by atoms with Crippen molar-refractivity contribution < 1.29 is 9.53 Å². The monoisotopic (exact) mass is 317 g/mol. The highest BCUT2D eigenvalue weighted by molar-refractivity contribution is 5.74. The lowest BCUT2D eigenvalue weighted by Crippen LogP contribution is -2.53. The fraction of sp³-hybridized carbons (Fsp3) is 0.611. The van der Waals surface area contributed by atoms with Crippen LogP contribution in [0.5, 0.6) is 0 Å². The van der Waals surface area contributed by atoms with Gasteiger partial charge in [-0.3, -0.25) is 0 Å². The molecule has 2 aliphatic heterocycles. The van der Waals surface area contributed by atoms with E-state index in [1.807, 2.05) is 23.1 Å². The molecule has 0 aliphatic carbocycles.